The van der Waals surface area contributed by atoms with Crippen LogP contribution in [0.5, 0.6) is 11.5 Å². The van der Waals surface area contributed by atoms with Crippen LogP contribution in [-0.4, -0.2) is 19.9 Å². The van der Waals surface area contributed by atoms with Gasteiger partial charge in [0.05, 0.1) is 10.7 Å². The van der Waals surface area contributed by atoms with Gasteiger partial charge in [-0.25, -0.2) is 18.5 Å². The van der Waals surface area contributed by atoms with Gasteiger partial charge < -0.3 is 10.1 Å². The van der Waals surface area contributed by atoms with Crippen molar-refractivity contribution in [2.75, 3.05) is 11.9 Å². The number of sulfonamides is 1. The molecule has 30 heavy (non-hydrogen) atoms. The van der Waals surface area contributed by atoms with Crippen molar-refractivity contribution in [2.24, 2.45) is 5.14 Å². The van der Waals surface area contributed by atoms with Crippen LogP contribution < -0.4 is 15.2 Å². The van der Waals surface area contributed by atoms with Crippen molar-refractivity contribution in [3.05, 3.63) is 72.4 Å². The third-order valence-electron chi connectivity index (χ3n) is 4.25. The van der Waals surface area contributed by atoms with Gasteiger partial charge in [-0.1, -0.05) is 37.6 Å². The quantitative estimate of drug-likeness (QED) is 0.337. The lowest BCUT2D eigenvalue weighted by Crippen LogP contribution is -2.15. The molecule has 0 fully saturated rings. The molecule has 0 spiro atoms. The molecule has 3 aromatic rings. The van der Waals surface area contributed by atoms with E-state index in [2.05, 4.69) is 17.2 Å². The van der Waals surface area contributed by atoms with E-state index in [-0.39, 0.29) is 10.6 Å². The van der Waals surface area contributed by atoms with E-state index in [1.54, 1.807) is 24.4 Å². The van der Waals surface area contributed by atoms with Crippen molar-refractivity contribution >= 4 is 27.5 Å². The number of nitrogens with zero attached hydrogens (tertiary/aromatic N) is 1. The van der Waals surface area contributed by atoms with Gasteiger partial charge in [-0.05, 0) is 48.4 Å². The molecule has 0 saturated carbocycles. The van der Waals surface area contributed by atoms with Gasteiger partial charge in [0.1, 0.15) is 10.6 Å². The van der Waals surface area contributed by atoms with E-state index in [1.807, 2.05) is 42.5 Å². The number of anilines is 1. The third kappa shape index (κ3) is 6.22. The molecule has 8 heteroatoms. The van der Waals surface area contributed by atoms with Crippen molar-refractivity contribution in [3.8, 4) is 11.5 Å². The first-order valence-corrected chi connectivity index (χ1v) is 12.2. The van der Waals surface area contributed by atoms with E-state index in [1.165, 1.54) is 11.8 Å². The fourth-order valence-corrected chi connectivity index (χ4v) is 4.30. The van der Waals surface area contributed by atoms with E-state index in [4.69, 9.17) is 9.88 Å². The first kappa shape index (κ1) is 22.1. The molecule has 0 atom stereocenters. The second-order valence-corrected chi connectivity index (χ2v) is 9.19. The Labute approximate surface area is 181 Å². The normalized spacial score (nSPS) is 11.3. The minimum Gasteiger partial charge on any atom is -0.454 e. The number of rotatable bonds is 10. The minimum absolute atomic E-state index is 0.0375. The Kier molecular flexibility index (Phi) is 7.73. The van der Waals surface area contributed by atoms with Crippen molar-refractivity contribution < 1.29 is 13.2 Å². The van der Waals surface area contributed by atoms with Crippen LogP contribution in [0, 0.1) is 0 Å². The van der Waals surface area contributed by atoms with Crippen molar-refractivity contribution in [1.82, 2.24) is 4.98 Å². The summed E-state index contributed by atoms with van der Waals surface area (Å²) in [6.45, 7) is 2.79. The number of primary sulfonamides is 1. The van der Waals surface area contributed by atoms with E-state index < -0.39 is 10.0 Å². The number of hydrogen-bond acceptors (Lipinski definition) is 6. The molecule has 3 N–H and O–H groups in total. The minimum atomic E-state index is -4.00. The highest BCUT2D eigenvalue weighted by molar-refractivity contribution is 7.98. The largest absolute Gasteiger partial charge is 0.454 e. The summed E-state index contributed by atoms with van der Waals surface area (Å²) in [6, 6.07) is 18.2. The zero-order chi connectivity index (χ0) is 21.4. The predicted molar refractivity (Wildman–Crippen MR) is 122 cm³/mol. The summed E-state index contributed by atoms with van der Waals surface area (Å²) in [6.07, 6.45) is 3.69. The Balaban J connectivity index is 1.99. The standard InChI is InChI=1S/C22H25N3O3S2/c1-2-3-12-24-19-14-17(16-29-21-11-7-8-13-25-21)15-20(30(23,26)27)22(19)28-18-9-5-4-6-10-18/h4-11,13-15,24H,2-3,12,16H2,1H3,(H2,23,26,27). The molecule has 0 aliphatic rings. The van der Waals surface area contributed by atoms with Crippen LogP contribution in [0.25, 0.3) is 0 Å². The van der Waals surface area contributed by atoms with Gasteiger partial charge in [0.2, 0.25) is 10.0 Å². The molecule has 0 aliphatic carbocycles. The molecule has 3 rings (SSSR count). The van der Waals surface area contributed by atoms with Crippen LogP contribution >= 0.6 is 11.8 Å². The van der Waals surface area contributed by atoms with Gasteiger partial charge >= 0.3 is 0 Å². The molecule has 1 aromatic heterocycles. The molecule has 0 amide bonds. The van der Waals surface area contributed by atoms with Gasteiger partial charge in [-0.2, -0.15) is 0 Å². The SMILES string of the molecule is CCCCNc1cc(CSc2ccccn2)cc(S(N)(=O)=O)c1Oc1ccccc1. The lowest BCUT2D eigenvalue weighted by atomic mass is 10.2. The summed E-state index contributed by atoms with van der Waals surface area (Å²) in [5.74, 6) is 1.30. The summed E-state index contributed by atoms with van der Waals surface area (Å²) < 4.78 is 30.8. The van der Waals surface area contributed by atoms with Gasteiger partial charge in [-0.15, -0.1) is 11.8 Å². The number of hydrogen-bond donors (Lipinski definition) is 2. The smallest absolute Gasteiger partial charge is 0.241 e. The van der Waals surface area contributed by atoms with Crippen LogP contribution in [0.4, 0.5) is 5.69 Å². The molecule has 0 aliphatic heterocycles. The van der Waals surface area contributed by atoms with Crippen molar-refractivity contribution in [2.45, 2.75) is 35.4 Å². The molecule has 0 radical (unpaired) electrons. The van der Waals surface area contributed by atoms with Crippen LogP contribution in [0.15, 0.2) is 76.8 Å². The average molecular weight is 444 g/mol. The van der Waals surface area contributed by atoms with E-state index in [9.17, 15) is 8.42 Å². The molecule has 6 nitrogen and oxygen atoms in total. The number of para-hydroxylation sites is 1. The van der Waals surface area contributed by atoms with Crippen LogP contribution in [0.1, 0.15) is 25.3 Å². The van der Waals surface area contributed by atoms with Crippen LogP contribution in [-0.2, 0) is 15.8 Å². The van der Waals surface area contributed by atoms with Gasteiger partial charge in [-0.3, -0.25) is 0 Å². The number of thioether (sulfide) groups is 1. The summed E-state index contributed by atoms with van der Waals surface area (Å²) in [4.78, 5) is 4.26. The van der Waals surface area contributed by atoms with Crippen LogP contribution in [0.3, 0.4) is 0 Å². The molecule has 0 bridgehead atoms. The Morgan fingerprint density at radius 2 is 1.87 bits per heavy atom. The van der Waals surface area contributed by atoms with Gasteiger partial charge in [0.15, 0.2) is 5.75 Å². The average Bonchev–Trinajstić information content (AvgIpc) is 2.74. The fraction of sp³-hybridized carbons (Fsp3) is 0.227. The molecule has 158 valence electrons. The molecular formula is C22H25N3O3S2. The number of benzene rings is 2. The monoisotopic (exact) mass is 443 g/mol. The summed E-state index contributed by atoms with van der Waals surface area (Å²) >= 11 is 1.52. The van der Waals surface area contributed by atoms with Gasteiger partial charge in [0, 0.05) is 18.5 Å². The third-order valence-corrected chi connectivity index (χ3v) is 6.19. The maximum absolute atomic E-state index is 12.4. The lowest BCUT2D eigenvalue weighted by Gasteiger charge is -2.18. The summed E-state index contributed by atoms with van der Waals surface area (Å²) in [5, 5.41) is 9.73. The maximum atomic E-state index is 12.4. The fourth-order valence-electron chi connectivity index (χ4n) is 2.79. The van der Waals surface area contributed by atoms with Crippen molar-refractivity contribution in [3.63, 3.8) is 0 Å². The van der Waals surface area contributed by atoms with E-state index in [0.717, 1.165) is 23.4 Å². The number of nitrogens with one attached hydrogen (secondary N) is 1. The van der Waals surface area contributed by atoms with E-state index in [0.29, 0.717) is 23.7 Å². The first-order valence-electron chi connectivity index (χ1n) is 9.67. The Hall–Kier alpha value is -2.55. The predicted octanol–water partition coefficient (Wildman–Crippen LogP) is 5.03. The second kappa shape index (κ2) is 10.5. The van der Waals surface area contributed by atoms with E-state index >= 15 is 0 Å². The number of aromatic nitrogens is 1. The first-order chi connectivity index (χ1) is 14.5. The van der Waals surface area contributed by atoms with Crippen molar-refractivity contribution in [1.29, 1.82) is 0 Å². The molecule has 1 heterocycles. The topological polar surface area (TPSA) is 94.3 Å². The Bertz CT molecular complexity index is 1060. The molecular weight excluding hydrogens is 418 g/mol. The van der Waals surface area contributed by atoms with Crippen LogP contribution in [0.2, 0.25) is 0 Å². The Morgan fingerprint density at radius 1 is 1.10 bits per heavy atom. The lowest BCUT2D eigenvalue weighted by molar-refractivity contribution is 0.469. The zero-order valence-corrected chi connectivity index (χ0v) is 18.4. The number of ether oxygens (including phenoxy) is 1. The summed E-state index contributed by atoms with van der Waals surface area (Å²) in [5.41, 5.74) is 1.42. The Morgan fingerprint density at radius 3 is 2.53 bits per heavy atom. The van der Waals surface area contributed by atoms with Gasteiger partial charge in [0.25, 0.3) is 0 Å². The highest BCUT2D eigenvalue weighted by atomic mass is 32.2. The molecule has 0 unspecified atom stereocenters. The number of unbranched alkanes of at least 4 members (excludes halogenated alkanes) is 1. The number of pyridine rings is 1. The molecule has 2 aromatic carbocycles. The number of nitrogens with two attached hydrogens (primary N) is 1. The zero-order valence-electron chi connectivity index (χ0n) is 16.7. The molecule has 0 saturated heterocycles. The summed E-state index contributed by atoms with van der Waals surface area (Å²) in [7, 11) is -4.00. The second-order valence-electron chi connectivity index (χ2n) is 6.67. The maximum Gasteiger partial charge on any atom is 0.241 e. The highest BCUT2D eigenvalue weighted by Crippen LogP contribution is 2.38. The highest BCUT2D eigenvalue weighted by Gasteiger charge is 2.21.